The Labute approximate surface area is 141 Å². The Morgan fingerprint density at radius 3 is 2.87 bits per heavy atom. The molecule has 5 heteroatoms. The molecule has 0 saturated heterocycles. The van der Waals surface area contributed by atoms with E-state index in [4.69, 9.17) is 16.3 Å². The fraction of sp³-hybridized carbons (Fsp3) is 0.278. The number of rotatable bonds is 1. The Morgan fingerprint density at radius 2 is 2.09 bits per heavy atom. The molecule has 1 aliphatic rings. The molecule has 2 amide bonds. The number of aryl methyl sites for hydroxylation is 1. The Bertz CT molecular complexity index is 761. The van der Waals surface area contributed by atoms with E-state index in [1.165, 1.54) is 0 Å². The van der Waals surface area contributed by atoms with Gasteiger partial charge in [0.15, 0.2) is 0 Å². The number of hydrogen-bond donors (Lipinski definition) is 1. The highest BCUT2D eigenvalue weighted by atomic mass is 35.5. The SMILES string of the molecule is Cc1cccc(NC(=O)N2C[C@H](C)Oc3ccc(Cl)cc32)c1C. The van der Waals surface area contributed by atoms with Crippen LogP contribution >= 0.6 is 11.6 Å². The van der Waals surface area contributed by atoms with Gasteiger partial charge in [0.25, 0.3) is 0 Å². The summed E-state index contributed by atoms with van der Waals surface area (Å²) < 4.78 is 5.78. The van der Waals surface area contributed by atoms with Crippen LogP contribution < -0.4 is 15.0 Å². The Hall–Kier alpha value is -2.20. The van der Waals surface area contributed by atoms with E-state index in [-0.39, 0.29) is 12.1 Å². The van der Waals surface area contributed by atoms with Gasteiger partial charge in [-0.2, -0.15) is 0 Å². The van der Waals surface area contributed by atoms with E-state index in [1.54, 1.807) is 23.1 Å². The van der Waals surface area contributed by atoms with Gasteiger partial charge in [-0.3, -0.25) is 4.90 Å². The van der Waals surface area contributed by atoms with Crippen molar-refractivity contribution in [2.45, 2.75) is 26.9 Å². The second-order valence-corrected chi connectivity index (χ2v) is 6.27. The van der Waals surface area contributed by atoms with Crippen molar-refractivity contribution in [2.24, 2.45) is 0 Å². The minimum absolute atomic E-state index is 0.0759. The van der Waals surface area contributed by atoms with Crippen LogP contribution in [-0.4, -0.2) is 18.7 Å². The van der Waals surface area contributed by atoms with Crippen LogP contribution in [0.15, 0.2) is 36.4 Å². The molecule has 23 heavy (non-hydrogen) atoms. The molecule has 1 N–H and O–H groups in total. The summed E-state index contributed by atoms with van der Waals surface area (Å²) >= 11 is 6.08. The lowest BCUT2D eigenvalue weighted by Crippen LogP contribution is -2.44. The van der Waals surface area contributed by atoms with Crippen LogP contribution in [0.2, 0.25) is 5.02 Å². The highest BCUT2D eigenvalue weighted by Crippen LogP contribution is 2.36. The molecular weight excluding hydrogens is 312 g/mol. The third kappa shape index (κ3) is 3.13. The molecule has 1 aliphatic heterocycles. The molecule has 1 atom stereocenters. The fourth-order valence-corrected chi connectivity index (χ4v) is 2.84. The first-order chi connectivity index (χ1) is 11.0. The summed E-state index contributed by atoms with van der Waals surface area (Å²) in [5, 5.41) is 3.57. The van der Waals surface area contributed by atoms with Crippen molar-refractivity contribution in [1.29, 1.82) is 0 Å². The molecule has 0 aliphatic carbocycles. The highest BCUT2D eigenvalue weighted by molar-refractivity contribution is 6.31. The molecule has 4 nitrogen and oxygen atoms in total. The van der Waals surface area contributed by atoms with Crippen LogP contribution in [0.25, 0.3) is 0 Å². The molecule has 0 saturated carbocycles. The van der Waals surface area contributed by atoms with Crippen molar-refractivity contribution in [3.05, 3.63) is 52.5 Å². The minimum atomic E-state index is -0.183. The number of fused-ring (bicyclic) bond motifs is 1. The van der Waals surface area contributed by atoms with E-state index in [1.807, 2.05) is 39.0 Å². The smallest absolute Gasteiger partial charge is 0.326 e. The number of carbonyl (C=O) groups excluding carboxylic acids is 1. The number of amides is 2. The van der Waals surface area contributed by atoms with Crippen molar-refractivity contribution in [3.8, 4) is 5.75 Å². The number of carbonyl (C=O) groups is 1. The lowest BCUT2D eigenvalue weighted by molar-refractivity contribution is 0.208. The summed E-state index contributed by atoms with van der Waals surface area (Å²) in [6, 6.07) is 11.0. The average Bonchev–Trinajstić information content (AvgIpc) is 2.51. The van der Waals surface area contributed by atoms with Crippen LogP contribution in [0, 0.1) is 13.8 Å². The van der Waals surface area contributed by atoms with Crippen LogP contribution in [0.4, 0.5) is 16.2 Å². The van der Waals surface area contributed by atoms with Gasteiger partial charge in [0.2, 0.25) is 0 Å². The zero-order valence-electron chi connectivity index (χ0n) is 13.4. The quantitative estimate of drug-likeness (QED) is 0.817. The maximum atomic E-state index is 12.8. The van der Waals surface area contributed by atoms with Crippen LogP contribution in [-0.2, 0) is 0 Å². The van der Waals surface area contributed by atoms with Crippen molar-refractivity contribution >= 4 is 29.0 Å². The normalized spacial score (nSPS) is 16.5. The van der Waals surface area contributed by atoms with Gasteiger partial charge >= 0.3 is 6.03 Å². The molecule has 2 aromatic rings. The molecular formula is C18H19ClN2O2. The van der Waals surface area contributed by atoms with Crippen molar-refractivity contribution < 1.29 is 9.53 Å². The maximum Gasteiger partial charge on any atom is 0.326 e. The number of anilines is 2. The summed E-state index contributed by atoms with van der Waals surface area (Å²) in [6.07, 6.45) is -0.0759. The Kier molecular flexibility index (Phi) is 4.18. The number of nitrogens with zero attached hydrogens (tertiary/aromatic N) is 1. The van der Waals surface area contributed by atoms with Gasteiger partial charge in [0, 0.05) is 10.7 Å². The lowest BCUT2D eigenvalue weighted by Gasteiger charge is -2.33. The minimum Gasteiger partial charge on any atom is -0.487 e. The first-order valence-electron chi connectivity index (χ1n) is 7.56. The monoisotopic (exact) mass is 330 g/mol. The van der Waals surface area contributed by atoms with Crippen LogP contribution in [0.1, 0.15) is 18.1 Å². The number of nitrogens with one attached hydrogen (secondary N) is 1. The van der Waals surface area contributed by atoms with E-state index >= 15 is 0 Å². The van der Waals surface area contributed by atoms with Crippen LogP contribution in [0.5, 0.6) is 5.75 Å². The molecule has 0 unspecified atom stereocenters. The molecule has 0 bridgehead atoms. The van der Waals surface area contributed by atoms with E-state index in [0.29, 0.717) is 23.0 Å². The van der Waals surface area contributed by atoms with Gasteiger partial charge in [-0.25, -0.2) is 4.79 Å². The Balaban J connectivity index is 1.91. The second-order valence-electron chi connectivity index (χ2n) is 5.83. The lowest BCUT2D eigenvalue weighted by atomic mass is 10.1. The number of hydrogen-bond acceptors (Lipinski definition) is 2. The van der Waals surface area contributed by atoms with Gasteiger partial charge in [-0.05, 0) is 56.2 Å². The van der Waals surface area contributed by atoms with Crippen molar-refractivity contribution in [2.75, 3.05) is 16.8 Å². The first kappa shape index (κ1) is 15.7. The number of urea groups is 1. The predicted molar refractivity (Wildman–Crippen MR) is 93.8 cm³/mol. The van der Waals surface area contributed by atoms with Gasteiger partial charge in [0.05, 0.1) is 12.2 Å². The van der Waals surface area contributed by atoms with E-state index < -0.39 is 0 Å². The predicted octanol–water partition coefficient (Wildman–Crippen LogP) is 4.78. The molecule has 0 radical (unpaired) electrons. The molecule has 0 aromatic heterocycles. The molecule has 1 heterocycles. The molecule has 120 valence electrons. The summed E-state index contributed by atoms with van der Waals surface area (Å²) in [6.45, 7) is 6.44. The number of halogens is 1. The first-order valence-corrected chi connectivity index (χ1v) is 7.94. The summed E-state index contributed by atoms with van der Waals surface area (Å²) in [4.78, 5) is 14.4. The summed E-state index contributed by atoms with van der Waals surface area (Å²) in [5.74, 6) is 0.671. The zero-order valence-corrected chi connectivity index (χ0v) is 14.1. The average molecular weight is 331 g/mol. The van der Waals surface area contributed by atoms with Crippen molar-refractivity contribution in [1.82, 2.24) is 0 Å². The third-order valence-corrected chi connectivity index (χ3v) is 4.31. The third-order valence-electron chi connectivity index (χ3n) is 4.07. The summed E-state index contributed by atoms with van der Waals surface area (Å²) in [5.41, 5.74) is 3.71. The largest absolute Gasteiger partial charge is 0.487 e. The second kappa shape index (κ2) is 6.13. The van der Waals surface area contributed by atoms with Gasteiger partial charge in [-0.1, -0.05) is 23.7 Å². The van der Waals surface area contributed by atoms with Gasteiger partial charge in [-0.15, -0.1) is 0 Å². The highest BCUT2D eigenvalue weighted by Gasteiger charge is 2.28. The van der Waals surface area contributed by atoms with Crippen LogP contribution in [0.3, 0.4) is 0 Å². The number of benzene rings is 2. The fourth-order valence-electron chi connectivity index (χ4n) is 2.67. The maximum absolute atomic E-state index is 12.8. The zero-order chi connectivity index (χ0) is 16.6. The van der Waals surface area contributed by atoms with E-state index in [0.717, 1.165) is 16.8 Å². The standard InChI is InChI=1S/C18H19ClN2O2/c1-11-5-4-6-15(13(11)3)20-18(22)21-10-12(2)23-17-8-7-14(19)9-16(17)21/h4-9,12H,10H2,1-3H3,(H,20,22)/t12-/m0/s1. The molecule has 0 spiro atoms. The van der Waals surface area contributed by atoms with E-state index in [9.17, 15) is 4.79 Å². The number of ether oxygens (including phenoxy) is 1. The van der Waals surface area contributed by atoms with Gasteiger partial charge < -0.3 is 10.1 Å². The van der Waals surface area contributed by atoms with Gasteiger partial charge in [0.1, 0.15) is 11.9 Å². The Morgan fingerprint density at radius 1 is 1.30 bits per heavy atom. The molecule has 2 aromatic carbocycles. The topological polar surface area (TPSA) is 41.6 Å². The van der Waals surface area contributed by atoms with E-state index in [2.05, 4.69) is 5.32 Å². The molecule has 3 rings (SSSR count). The van der Waals surface area contributed by atoms with Crippen molar-refractivity contribution in [3.63, 3.8) is 0 Å². The summed E-state index contributed by atoms with van der Waals surface area (Å²) in [7, 11) is 0. The molecule has 0 fully saturated rings.